The van der Waals surface area contributed by atoms with Crippen LogP contribution in [0.15, 0.2) is 194 Å². The molecule has 51 heavy (non-hydrogen) atoms. The molecule has 0 aliphatic rings. The van der Waals surface area contributed by atoms with Crippen LogP contribution in [0.3, 0.4) is 0 Å². The molecule has 0 radical (unpaired) electrons. The summed E-state index contributed by atoms with van der Waals surface area (Å²) in [6.07, 6.45) is 2.68. The molecule has 0 atom stereocenters. The molecule has 0 fully saturated rings. The van der Waals surface area contributed by atoms with Crippen LogP contribution < -0.4 is 37.6 Å². The highest BCUT2D eigenvalue weighted by Gasteiger charge is 2.47. The third-order valence-electron chi connectivity index (χ3n) is 10.5. The lowest BCUT2D eigenvalue weighted by Crippen LogP contribution is -2.67. The molecule has 254 valence electrons. The lowest BCUT2D eigenvalue weighted by molar-refractivity contribution is 0.874. The van der Waals surface area contributed by atoms with Gasteiger partial charge in [-0.1, -0.05) is 182 Å². The minimum absolute atomic E-state index is 0.957. The van der Waals surface area contributed by atoms with Crippen molar-refractivity contribution in [2.24, 2.45) is 0 Å². The van der Waals surface area contributed by atoms with Gasteiger partial charge in [0, 0.05) is 0 Å². The fourth-order valence-electron chi connectivity index (χ4n) is 7.77. The van der Waals surface area contributed by atoms with Crippen molar-refractivity contribution in [3.05, 3.63) is 211 Å². The Balaban J connectivity index is 0.000000176. The summed E-state index contributed by atoms with van der Waals surface area (Å²) < 4.78 is 0. The lowest BCUT2D eigenvalue weighted by Gasteiger charge is -2.43. The summed E-state index contributed by atoms with van der Waals surface area (Å²) in [5.41, 5.74) is 8.33. The predicted molar refractivity (Wildman–Crippen MR) is 229 cm³/mol. The van der Waals surface area contributed by atoms with E-state index in [1.807, 2.05) is 0 Å². The van der Waals surface area contributed by atoms with E-state index in [0.717, 1.165) is 0 Å². The first kappa shape index (κ1) is 35.8. The zero-order valence-corrected chi connectivity index (χ0v) is 31.5. The van der Waals surface area contributed by atoms with E-state index < -0.39 is 13.4 Å². The molecule has 0 aliphatic carbocycles. The van der Waals surface area contributed by atoms with E-state index in [9.17, 15) is 0 Å². The van der Waals surface area contributed by atoms with E-state index in [4.69, 9.17) is 0 Å². The van der Waals surface area contributed by atoms with Gasteiger partial charge in [-0.15, -0.1) is 0 Å². The topological polar surface area (TPSA) is 0 Å². The van der Waals surface area contributed by atoms with Crippen LogP contribution in [0.2, 0.25) is 6.32 Å². The molecule has 0 N–H and O–H groups in total. The van der Waals surface area contributed by atoms with Crippen LogP contribution in [0.4, 0.5) is 0 Å². The van der Waals surface area contributed by atoms with Gasteiger partial charge in [0.15, 0.2) is 0 Å². The molecule has 0 saturated carbocycles. The fourth-order valence-corrected chi connectivity index (χ4v) is 12.0. The maximum absolute atomic E-state index is 2.35. The van der Waals surface area contributed by atoms with Crippen molar-refractivity contribution in [2.45, 2.75) is 46.9 Å². The number of aryl methyl sites for hydroxylation is 3. The normalized spacial score (nSPS) is 11.4. The van der Waals surface area contributed by atoms with Crippen molar-refractivity contribution in [2.75, 3.05) is 0 Å². The number of hydrogen-bond donors (Lipinski definition) is 0. The Morgan fingerprint density at radius 3 is 0.843 bits per heavy atom. The van der Waals surface area contributed by atoms with E-state index in [0.29, 0.717) is 0 Å². The fraction of sp³-hybridized carbons (Fsp3) is 0.143. The first-order valence-corrected chi connectivity index (χ1v) is 20.3. The van der Waals surface area contributed by atoms with Gasteiger partial charge in [-0.05, 0) is 69.3 Å². The zero-order valence-electron chi connectivity index (χ0n) is 30.6. The quantitative estimate of drug-likeness (QED) is 0.0999. The van der Waals surface area contributed by atoms with Crippen molar-refractivity contribution >= 4 is 51.0 Å². The summed E-state index contributed by atoms with van der Waals surface area (Å²) in [5.74, 6) is 0. The van der Waals surface area contributed by atoms with Gasteiger partial charge in [0.25, 0.3) is 0 Å². The molecular formula is C49H50BP. The van der Waals surface area contributed by atoms with Gasteiger partial charge in [-0.2, -0.15) is 22.7 Å². The monoisotopic (exact) mass is 680 g/mol. The van der Waals surface area contributed by atoms with Gasteiger partial charge >= 0.3 is 0 Å². The van der Waals surface area contributed by atoms with Crippen LogP contribution in [0, 0.1) is 20.8 Å². The third-order valence-corrected chi connectivity index (χ3v) is 14.8. The molecule has 0 aromatic heterocycles. The van der Waals surface area contributed by atoms with Crippen LogP contribution in [-0.4, -0.2) is 6.15 Å². The second kappa shape index (κ2) is 16.8. The van der Waals surface area contributed by atoms with Gasteiger partial charge in [-0.3, -0.25) is 0 Å². The molecule has 0 nitrogen and oxygen atoms in total. The van der Waals surface area contributed by atoms with E-state index in [1.54, 1.807) is 0 Å². The second-order valence-electron chi connectivity index (χ2n) is 13.9. The van der Waals surface area contributed by atoms with Crippen molar-refractivity contribution in [3.63, 3.8) is 0 Å². The molecule has 2 heteroatoms. The number of hydrogen-bond acceptors (Lipinski definition) is 0. The predicted octanol–water partition coefficient (Wildman–Crippen LogP) is 9.19. The molecule has 7 aromatic rings. The maximum Gasteiger partial charge on any atom is 0.144 e. The van der Waals surface area contributed by atoms with Crippen LogP contribution in [0.25, 0.3) is 0 Å². The van der Waals surface area contributed by atoms with Crippen LogP contribution in [0.1, 0.15) is 36.5 Å². The summed E-state index contributed by atoms with van der Waals surface area (Å²) in [7, 11) is -1.91. The molecule has 7 rings (SSSR count). The summed E-state index contributed by atoms with van der Waals surface area (Å²) in [4.78, 5) is 0. The average molecular weight is 681 g/mol. The van der Waals surface area contributed by atoms with Crippen molar-refractivity contribution in [1.29, 1.82) is 0 Å². The van der Waals surface area contributed by atoms with Gasteiger partial charge in [0.05, 0.1) is 6.15 Å². The zero-order chi connectivity index (χ0) is 35.5. The molecule has 0 heterocycles. The largest absolute Gasteiger partial charge is 0.200 e. The third kappa shape index (κ3) is 7.71. The highest BCUT2D eigenvalue weighted by Crippen LogP contribution is 2.54. The molecule has 7 aromatic carbocycles. The van der Waals surface area contributed by atoms with Gasteiger partial charge in [0.2, 0.25) is 0 Å². The first-order chi connectivity index (χ1) is 25.0. The summed E-state index contributed by atoms with van der Waals surface area (Å²) in [6, 6.07) is 71.5. The number of unbranched alkanes of at least 4 members (excludes halogenated alkanes) is 1. The van der Waals surface area contributed by atoms with E-state index in [-0.39, 0.29) is 0 Å². The summed E-state index contributed by atoms with van der Waals surface area (Å²) in [5, 5.41) is 5.55. The van der Waals surface area contributed by atoms with Crippen LogP contribution >= 0.6 is 7.26 Å². The minimum Gasteiger partial charge on any atom is -0.200 e. The molecule has 0 unspecified atom stereocenters. The Labute approximate surface area is 307 Å². The maximum atomic E-state index is 2.35. The molecular weight excluding hydrogens is 630 g/mol. The summed E-state index contributed by atoms with van der Waals surface area (Å²) >= 11 is 0. The lowest BCUT2D eigenvalue weighted by atomic mass is 9.14. The van der Waals surface area contributed by atoms with Crippen LogP contribution in [0.5, 0.6) is 0 Å². The number of rotatable bonds is 10. The van der Waals surface area contributed by atoms with E-state index >= 15 is 0 Å². The SMILES string of the molecule is CCCC[B-](c1ccc(C)cc1)(c1ccc(C)cc1)c1ccc(C)cc1.c1ccc([P+](c2ccccc2)(c2ccccc2)c2ccccc2)cc1. The Morgan fingerprint density at radius 1 is 0.353 bits per heavy atom. The van der Waals surface area contributed by atoms with E-state index in [2.05, 4.69) is 222 Å². The van der Waals surface area contributed by atoms with Gasteiger partial charge in [0.1, 0.15) is 28.5 Å². The molecule has 0 bridgehead atoms. The highest BCUT2D eigenvalue weighted by molar-refractivity contribution is 8.01. The Kier molecular flexibility index (Phi) is 11.8. The molecule has 0 spiro atoms. The Morgan fingerprint density at radius 2 is 0.608 bits per heavy atom. The van der Waals surface area contributed by atoms with Crippen molar-refractivity contribution < 1.29 is 0 Å². The minimum atomic E-state index is -1.91. The molecule has 0 saturated heterocycles. The van der Waals surface area contributed by atoms with Crippen molar-refractivity contribution in [3.8, 4) is 0 Å². The Hall–Kier alpha value is -4.97. The Bertz CT molecular complexity index is 1780. The highest BCUT2D eigenvalue weighted by atomic mass is 31.2. The van der Waals surface area contributed by atoms with E-state index in [1.165, 1.54) is 73.5 Å². The standard InChI is InChI=1S/C25H30B.C24H20P/c1-5-6-19-26(23-13-7-20(2)8-14-23,24-15-9-21(3)10-16-24)25-17-11-22(4)12-18-25;1-5-13-21(14-6-1)25(22-15-7-2-8-16-22,23-17-9-3-10-18-23)24-19-11-4-12-20-24/h7-18H,5-6,19H2,1-4H3;1-20H/q-1;+1. The molecule has 0 amide bonds. The molecule has 0 aliphatic heterocycles. The first-order valence-electron chi connectivity index (χ1n) is 18.5. The second-order valence-corrected chi connectivity index (χ2v) is 17.3. The van der Waals surface area contributed by atoms with Gasteiger partial charge in [-0.25, -0.2) is 0 Å². The van der Waals surface area contributed by atoms with Crippen molar-refractivity contribution in [1.82, 2.24) is 0 Å². The summed E-state index contributed by atoms with van der Waals surface area (Å²) in [6.45, 7) is 8.80. The van der Waals surface area contributed by atoms with Gasteiger partial charge < -0.3 is 0 Å². The van der Waals surface area contributed by atoms with Crippen LogP contribution in [-0.2, 0) is 0 Å². The average Bonchev–Trinajstić information content (AvgIpc) is 3.19. The smallest absolute Gasteiger partial charge is 0.144 e. The number of benzene rings is 7.